The van der Waals surface area contributed by atoms with Gasteiger partial charge in [0.25, 0.3) is 0 Å². The smallest absolute Gasteiger partial charge is 1.00 e. The van der Waals surface area contributed by atoms with E-state index in [1.54, 1.807) is 0 Å². The molecule has 0 unspecified atom stereocenters. The zero-order valence-electron chi connectivity index (χ0n) is 7.58. The van der Waals surface area contributed by atoms with E-state index < -0.39 is 20.9 Å². The Labute approximate surface area is 88.8 Å². The summed E-state index contributed by atoms with van der Waals surface area (Å²) in [6.07, 6.45) is 6.69. The molecular formula is C8H17ClF2Sn. The molecule has 12 heavy (non-hydrogen) atoms. The van der Waals surface area contributed by atoms with Crippen LogP contribution in [-0.2, 0) is 0 Å². The quantitative estimate of drug-likeness (QED) is 0.482. The second-order valence-electron chi connectivity index (χ2n) is 2.86. The van der Waals surface area contributed by atoms with Crippen LogP contribution < -0.4 is 12.4 Å². The van der Waals surface area contributed by atoms with Gasteiger partial charge in [-0.3, -0.25) is 0 Å². The third-order valence-electron chi connectivity index (χ3n) is 1.72. The van der Waals surface area contributed by atoms with E-state index in [0.29, 0.717) is 0 Å². The van der Waals surface area contributed by atoms with Crippen LogP contribution in [0.15, 0.2) is 0 Å². The number of unbranched alkanes of at least 4 members (excludes halogenated alkanes) is 5. The van der Waals surface area contributed by atoms with Crippen molar-refractivity contribution in [1.82, 2.24) is 0 Å². The molecule has 74 valence electrons. The predicted octanol–water partition coefficient (Wildman–Crippen LogP) is 0.778. The van der Waals surface area contributed by atoms with Crippen molar-refractivity contribution in [3.63, 3.8) is 0 Å². The van der Waals surface area contributed by atoms with Crippen LogP contribution in [0.5, 0.6) is 0 Å². The first-order valence-electron chi connectivity index (χ1n) is 4.44. The van der Waals surface area contributed by atoms with Crippen LogP contribution in [0.2, 0.25) is 4.44 Å². The monoisotopic (exact) mass is 306 g/mol. The number of halogens is 3. The van der Waals surface area contributed by atoms with Gasteiger partial charge < -0.3 is 12.4 Å². The molecule has 0 saturated carbocycles. The molecule has 0 atom stereocenters. The maximum absolute atomic E-state index is 11.8. The van der Waals surface area contributed by atoms with Gasteiger partial charge in [-0.15, -0.1) is 0 Å². The van der Waals surface area contributed by atoms with Crippen LogP contribution >= 0.6 is 0 Å². The summed E-state index contributed by atoms with van der Waals surface area (Å²) >= 11 is -3.70. The molecule has 0 rings (SSSR count). The Bertz CT molecular complexity index is 81.5. The van der Waals surface area contributed by atoms with Gasteiger partial charge in [0, 0.05) is 0 Å². The van der Waals surface area contributed by atoms with Crippen LogP contribution in [-0.4, -0.2) is 20.9 Å². The molecule has 0 heterocycles. The average molecular weight is 305 g/mol. The summed E-state index contributed by atoms with van der Waals surface area (Å²) in [6.45, 7) is 2.16. The van der Waals surface area contributed by atoms with Crippen LogP contribution in [0.3, 0.4) is 0 Å². The third kappa shape index (κ3) is 13.5. The van der Waals surface area contributed by atoms with Gasteiger partial charge in [-0.05, 0) is 0 Å². The molecule has 0 saturated heterocycles. The first kappa shape index (κ1) is 15.4. The van der Waals surface area contributed by atoms with Crippen LogP contribution in [0.4, 0.5) is 5.73 Å². The normalized spacial score (nSPS) is 9.25. The largest absolute Gasteiger partial charge is 1.00 e. The summed E-state index contributed by atoms with van der Waals surface area (Å²) in [7, 11) is 0. The van der Waals surface area contributed by atoms with Gasteiger partial charge in [-0.25, -0.2) is 0 Å². The van der Waals surface area contributed by atoms with Crippen molar-refractivity contribution < 1.29 is 18.1 Å². The van der Waals surface area contributed by atoms with E-state index >= 15 is 0 Å². The van der Waals surface area contributed by atoms with E-state index in [2.05, 4.69) is 6.92 Å². The van der Waals surface area contributed by atoms with Gasteiger partial charge in [0.1, 0.15) is 0 Å². The van der Waals surface area contributed by atoms with E-state index in [-0.39, 0.29) is 16.8 Å². The summed E-state index contributed by atoms with van der Waals surface area (Å²) < 4.78 is 23.9. The summed E-state index contributed by atoms with van der Waals surface area (Å²) in [5.74, 6) is 0. The molecule has 0 aliphatic heterocycles. The molecule has 0 spiro atoms. The second kappa shape index (κ2) is 11.9. The number of hydrogen-bond donors (Lipinski definition) is 0. The fraction of sp³-hybridized carbons (Fsp3) is 1.00. The molecule has 0 bridgehead atoms. The maximum atomic E-state index is 11.8. The summed E-state index contributed by atoms with van der Waals surface area (Å²) in [5, 5.41) is 0. The van der Waals surface area contributed by atoms with Gasteiger partial charge in [-0.2, -0.15) is 0 Å². The minimum Gasteiger partial charge on any atom is -1.00 e. The van der Waals surface area contributed by atoms with E-state index in [1.807, 2.05) is 0 Å². The van der Waals surface area contributed by atoms with Crippen molar-refractivity contribution in [3.05, 3.63) is 0 Å². The molecule has 0 aliphatic rings. The van der Waals surface area contributed by atoms with Crippen molar-refractivity contribution >= 4 is 20.9 Å². The molecular weight excluding hydrogens is 288 g/mol. The Morgan fingerprint density at radius 3 is 1.92 bits per heavy atom. The van der Waals surface area contributed by atoms with Crippen LogP contribution in [0, 0.1) is 0 Å². The van der Waals surface area contributed by atoms with Crippen LogP contribution in [0.1, 0.15) is 45.4 Å². The molecule has 0 fully saturated rings. The van der Waals surface area contributed by atoms with Gasteiger partial charge in [-0.1, -0.05) is 0 Å². The van der Waals surface area contributed by atoms with E-state index in [9.17, 15) is 5.73 Å². The average Bonchev–Trinajstić information content (AvgIpc) is 1.96. The summed E-state index contributed by atoms with van der Waals surface area (Å²) in [4.78, 5) is 0. The van der Waals surface area contributed by atoms with E-state index in [1.165, 1.54) is 19.3 Å². The molecule has 0 N–H and O–H groups in total. The van der Waals surface area contributed by atoms with Crippen molar-refractivity contribution in [1.29, 1.82) is 0 Å². The molecule has 0 radical (unpaired) electrons. The Morgan fingerprint density at radius 1 is 0.917 bits per heavy atom. The fourth-order valence-electron chi connectivity index (χ4n) is 1.04. The molecule has 0 amide bonds. The standard InChI is InChI=1S/C8H17.ClH.2FH.Sn/c1-3-5-7-8-6-4-2;;;;/h1,3-8H2,2H3;3*1H;/q;;;;+3/p-3. The zero-order chi connectivity index (χ0) is 8.53. The molecule has 4 heteroatoms. The Morgan fingerprint density at radius 2 is 1.42 bits per heavy atom. The first-order chi connectivity index (χ1) is 5.27. The molecule has 0 aromatic heterocycles. The van der Waals surface area contributed by atoms with Gasteiger partial charge in [0.2, 0.25) is 0 Å². The van der Waals surface area contributed by atoms with Crippen molar-refractivity contribution in [3.8, 4) is 0 Å². The van der Waals surface area contributed by atoms with E-state index in [0.717, 1.165) is 19.3 Å². The van der Waals surface area contributed by atoms with Gasteiger partial charge in [0.15, 0.2) is 0 Å². The van der Waals surface area contributed by atoms with E-state index in [4.69, 9.17) is 0 Å². The Hall–Kier alpha value is 0.949. The maximum Gasteiger partial charge on any atom is -1.00 e. The Balaban J connectivity index is 0. The van der Waals surface area contributed by atoms with Crippen molar-refractivity contribution in [2.24, 2.45) is 0 Å². The Kier molecular flexibility index (Phi) is 15.4. The molecule has 0 nitrogen and oxygen atoms in total. The summed E-state index contributed by atoms with van der Waals surface area (Å²) in [6, 6.07) is 0. The number of rotatable bonds is 7. The molecule has 0 aromatic carbocycles. The third-order valence-corrected chi connectivity index (χ3v) is 3.81. The fourth-order valence-corrected chi connectivity index (χ4v) is 2.52. The summed E-state index contributed by atoms with van der Waals surface area (Å²) in [5.41, 5.74) is 0. The number of hydrogen-bond acceptors (Lipinski definition) is 0. The topological polar surface area (TPSA) is 0 Å². The van der Waals surface area contributed by atoms with Crippen molar-refractivity contribution in [2.45, 2.75) is 49.9 Å². The van der Waals surface area contributed by atoms with Crippen LogP contribution in [0.25, 0.3) is 0 Å². The molecule has 0 aromatic rings. The first-order valence-corrected chi connectivity index (χ1v) is 8.61. The minimum atomic E-state index is -3.70. The zero-order valence-corrected chi connectivity index (χ0v) is 11.2. The second-order valence-corrected chi connectivity index (χ2v) is 6.22. The van der Waals surface area contributed by atoms with Gasteiger partial charge in [0.05, 0.1) is 0 Å². The predicted molar refractivity (Wildman–Crippen MR) is 46.2 cm³/mol. The molecule has 0 aliphatic carbocycles. The van der Waals surface area contributed by atoms with Crippen molar-refractivity contribution in [2.75, 3.05) is 0 Å². The van der Waals surface area contributed by atoms with Gasteiger partial charge >= 0.3 is 76.5 Å². The minimum absolute atomic E-state index is 0. The SMILES string of the molecule is CCCCCCC[CH2][Sn+]([F])[F].[Cl-].